The highest BCUT2D eigenvalue weighted by molar-refractivity contribution is 9.14. The lowest BCUT2D eigenvalue weighted by Gasteiger charge is -2.23. The lowest BCUT2D eigenvalue weighted by atomic mass is 9.87. The fourth-order valence-electron chi connectivity index (χ4n) is 2.27. The summed E-state index contributed by atoms with van der Waals surface area (Å²) in [6.45, 7) is 0. The second kappa shape index (κ2) is 4.76. The van der Waals surface area contributed by atoms with Crippen molar-refractivity contribution in [2.45, 2.75) is 4.83 Å². The van der Waals surface area contributed by atoms with E-state index in [1.807, 2.05) is 6.07 Å². The fraction of sp³-hybridized carbons (Fsp3) is 0.0769. The number of carbonyl (C=O) groups is 2. The maximum atomic E-state index is 12.1. The maximum Gasteiger partial charge on any atom is 0.230 e. The van der Waals surface area contributed by atoms with Crippen LogP contribution in [-0.2, 0) is 4.79 Å². The molecular weight excluding hydrogens is 508 g/mol. The van der Waals surface area contributed by atoms with Crippen LogP contribution in [0.4, 0.5) is 0 Å². The van der Waals surface area contributed by atoms with Crippen LogP contribution in [0, 0.1) is 0 Å². The third kappa shape index (κ3) is 1.83. The summed E-state index contributed by atoms with van der Waals surface area (Å²) in [6.07, 6.45) is 0. The van der Waals surface area contributed by atoms with Crippen molar-refractivity contribution in [1.29, 1.82) is 0 Å². The van der Waals surface area contributed by atoms with Gasteiger partial charge in [0, 0.05) is 24.4 Å². The van der Waals surface area contributed by atoms with Crippen LogP contribution in [0.3, 0.4) is 0 Å². The molecule has 1 unspecified atom stereocenters. The largest absolute Gasteiger partial charge is 0.289 e. The molecule has 1 aliphatic carbocycles. The number of hydrogen-bond acceptors (Lipinski definition) is 2. The van der Waals surface area contributed by atoms with Crippen LogP contribution in [0.25, 0.3) is 10.8 Å². The molecule has 2 aromatic carbocycles. The molecule has 0 amide bonds. The van der Waals surface area contributed by atoms with Crippen LogP contribution in [-0.4, -0.2) is 11.6 Å². The average molecular weight is 512 g/mol. The first kappa shape index (κ1) is 13.9. The van der Waals surface area contributed by atoms with E-state index in [0.29, 0.717) is 5.56 Å². The number of halogens is 4. The maximum absolute atomic E-state index is 12.1. The summed E-state index contributed by atoms with van der Waals surface area (Å²) in [5, 5.41) is 1.73. The van der Waals surface area contributed by atoms with Crippen molar-refractivity contribution in [3.8, 4) is 0 Å². The van der Waals surface area contributed by atoms with Gasteiger partial charge in [-0.05, 0) is 58.7 Å². The summed E-state index contributed by atoms with van der Waals surface area (Å²) in [5.41, 5.74) is 1.26. The molecule has 0 aliphatic heterocycles. The van der Waals surface area contributed by atoms with Crippen molar-refractivity contribution in [1.82, 2.24) is 0 Å². The smallest absolute Gasteiger partial charge is 0.230 e. The molecule has 19 heavy (non-hydrogen) atoms. The van der Waals surface area contributed by atoms with Gasteiger partial charge < -0.3 is 0 Å². The van der Waals surface area contributed by atoms with E-state index in [9.17, 15) is 9.59 Å². The van der Waals surface area contributed by atoms with Gasteiger partial charge >= 0.3 is 0 Å². The third-order valence-electron chi connectivity index (χ3n) is 3.14. The molecule has 96 valence electrons. The standard InChI is InChI=1S/C13H4Br4O2/c14-8-4-2-1-3-5-6(4)7(9(15)11(8)17)10(16)13(19)12(5)18/h1-3,10H. The number of carbonyl (C=O) groups excluding carboxylic acids is 2. The number of benzene rings is 2. The molecule has 2 aromatic rings. The molecule has 0 heterocycles. The summed E-state index contributed by atoms with van der Waals surface area (Å²) in [7, 11) is 0. The van der Waals surface area contributed by atoms with E-state index in [0.717, 1.165) is 29.8 Å². The predicted molar refractivity (Wildman–Crippen MR) is 88.1 cm³/mol. The van der Waals surface area contributed by atoms with E-state index in [4.69, 9.17) is 0 Å². The molecule has 0 aromatic heterocycles. The molecule has 6 heteroatoms. The van der Waals surface area contributed by atoms with Gasteiger partial charge in [0.15, 0.2) is 0 Å². The van der Waals surface area contributed by atoms with E-state index in [2.05, 4.69) is 63.7 Å². The number of rotatable bonds is 0. The summed E-state index contributed by atoms with van der Waals surface area (Å²) >= 11 is 13.8. The molecule has 3 rings (SSSR count). The van der Waals surface area contributed by atoms with Gasteiger partial charge in [0.2, 0.25) is 11.6 Å². The molecule has 0 N–H and O–H groups in total. The molecule has 0 bridgehead atoms. The summed E-state index contributed by atoms with van der Waals surface area (Å²) in [4.78, 5) is 23.5. The minimum absolute atomic E-state index is 0.435. The molecule has 0 spiro atoms. The first-order valence-electron chi connectivity index (χ1n) is 5.26. The Morgan fingerprint density at radius 3 is 2.32 bits per heavy atom. The predicted octanol–water partition coefficient (Wildman–Crippen LogP) is 5.33. The number of alkyl halides is 1. The highest BCUT2D eigenvalue weighted by Crippen LogP contribution is 2.48. The Hall–Kier alpha value is -0.0400. The molecule has 0 saturated carbocycles. The van der Waals surface area contributed by atoms with E-state index in [1.165, 1.54) is 0 Å². The van der Waals surface area contributed by atoms with Gasteiger partial charge in [-0.1, -0.05) is 34.1 Å². The monoisotopic (exact) mass is 508 g/mol. The van der Waals surface area contributed by atoms with Crippen molar-refractivity contribution in [3.63, 3.8) is 0 Å². The van der Waals surface area contributed by atoms with Gasteiger partial charge in [-0.3, -0.25) is 9.59 Å². The molecule has 0 radical (unpaired) electrons. The molecular formula is C13H4Br4O2. The number of Topliss-reactive ketones (excluding diaryl/α,β-unsaturated/α-hetero) is 2. The third-order valence-corrected chi connectivity index (χ3v) is 7.52. The van der Waals surface area contributed by atoms with Crippen LogP contribution in [0.5, 0.6) is 0 Å². The van der Waals surface area contributed by atoms with Crippen LogP contribution >= 0.6 is 63.7 Å². The quantitative estimate of drug-likeness (QED) is 0.272. The van der Waals surface area contributed by atoms with Gasteiger partial charge in [-0.25, -0.2) is 0 Å². The SMILES string of the molecule is O=C1C(=O)C(Br)c2c(Br)c(Br)c(Br)c3cccc1c23. The van der Waals surface area contributed by atoms with Gasteiger partial charge in [0.25, 0.3) is 0 Å². The van der Waals surface area contributed by atoms with Crippen molar-refractivity contribution in [3.05, 3.63) is 42.7 Å². The average Bonchev–Trinajstić information content (AvgIpc) is 2.41. The van der Waals surface area contributed by atoms with Crippen molar-refractivity contribution >= 4 is 86.1 Å². The van der Waals surface area contributed by atoms with Gasteiger partial charge in [-0.15, -0.1) is 0 Å². The first-order chi connectivity index (χ1) is 8.95. The Labute approximate surface area is 142 Å². The summed E-state index contributed by atoms with van der Waals surface area (Å²) in [6, 6.07) is 5.40. The van der Waals surface area contributed by atoms with E-state index < -0.39 is 16.4 Å². The Bertz CT molecular complexity index is 767. The molecule has 1 atom stereocenters. The van der Waals surface area contributed by atoms with E-state index in [-0.39, 0.29) is 0 Å². The Morgan fingerprint density at radius 2 is 1.63 bits per heavy atom. The zero-order valence-corrected chi connectivity index (χ0v) is 15.5. The second-order valence-electron chi connectivity index (χ2n) is 4.14. The Morgan fingerprint density at radius 1 is 0.947 bits per heavy atom. The van der Waals surface area contributed by atoms with Crippen molar-refractivity contribution in [2.75, 3.05) is 0 Å². The van der Waals surface area contributed by atoms with Crippen LogP contribution < -0.4 is 0 Å². The number of hydrogen-bond donors (Lipinski definition) is 0. The van der Waals surface area contributed by atoms with Crippen LogP contribution in [0.1, 0.15) is 20.7 Å². The van der Waals surface area contributed by atoms with Crippen LogP contribution in [0.2, 0.25) is 0 Å². The lowest BCUT2D eigenvalue weighted by Crippen LogP contribution is -2.24. The van der Waals surface area contributed by atoms with E-state index in [1.54, 1.807) is 12.1 Å². The highest BCUT2D eigenvalue weighted by Gasteiger charge is 2.36. The zero-order chi connectivity index (χ0) is 13.9. The van der Waals surface area contributed by atoms with Gasteiger partial charge in [0.05, 0.1) is 0 Å². The van der Waals surface area contributed by atoms with Gasteiger partial charge in [0.1, 0.15) is 4.83 Å². The van der Waals surface area contributed by atoms with Crippen LogP contribution in [0.15, 0.2) is 31.6 Å². The molecule has 2 nitrogen and oxygen atoms in total. The van der Waals surface area contributed by atoms with Gasteiger partial charge in [-0.2, -0.15) is 0 Å². The summed E-state index contributed by atoms with van der Waals surface area (Å²) < 4.78 is 2.47. The highest BCUT2D eigenvalue weighted by atomic mass is 79.9. The summed E-state index contributed by atoms with van der Waals surface area (Å²) in [5.74, 6) is -0.879. The van der Waals surface area contributed by atoms with Crippen molar-refractivity contribution in [2.24, 2.45) is 0 Å². The molecule has 0 fully saturated rings. The topological polar surface area (TPSA) is 34.1 Å². The van der Waals surface area contributed by atoms with E-state index >= 15 is 0 Å². The first-order valence-corrected chi connectivity index (χ1v) is 8.56. The minimum Gasteiger partial charge on any atom is -0.289 e. The Kier molecular flexibility index (Phi) is 3.48. The normalized spacial score (nSPS) is 18.2. The fourth-order valence-corrected chi connectivity index (χ4v) is 5.09. The molecule has 0 saturated heterocycles. The number of ketones is 2. The molecule has 1 aliphatic rings. The minimum atomic E-state index is -0.615. The van der Waals surface area contributed by atoms with Crippen molar-refractivity contribution < 1.29 is 9.59 Å². The lowest BCUT2D eigenvalue weighted by molar-refractivity contribution is -0.114. The second-order valence-corrected chi connectivity index (χ2v) is 7.43. The zero-order valence-electron chi connectivity index (χ0n) is 9.14. The Balaban J connectivity index is 2.62.